The molecule has 0 saturated heterocycles. The van der Waals surface area contributed by atoms with Crippen LogP contribution in [-0.4, -0.2) is 31.1 Å². The molecule has 1 N–H and O–H groups in total. The number of nitrogens with one attached hydrogen (secondary N) is 1. The third kappa shape index (κ3) is 4.75. The molecule has 0 aliphatic heterocycles. The first-order chi connectivity index (χ1) is 6.86. The van der Waals surface area contributed by atoms with Crippen LogP contribution in [0.4, 0.5) is 0 Å². The first-order valence-electron chi connectivity index (χ1n) is 6.32. The SMILES string of the molecule is CCP(CC)CCNC1CCCCC1. The molecule has 0 amide bonds. The fraction of sp³-hybridized carbons (Fsp3) is 1.00. The molecular formula is C12H26NP. The highest BCUT2D eigenvalue weighted by molar-refractivity contribution is 7.57. The minimum absolute atomic E-state index is 0.354. The van der Waals surface area contributed by atoms with Crippen molar-refractivity contribution in [3.05, 3.63) is 0 Å². The lowest BCUT2D eigenvalue weighted by Gasteiger charge is -2.24. The van der Waals surface area contributed by atoms with Gasteiger partial charge >= 0.3 is 0 Å². The molecule has 1 fully saturated rings. The van der Waals surface area contributed by atoms with E-state index in [2.05, 4.69) is 19.2 Å². The lowest BCUT2D eigenvalue weighted by molar-refractivity contribution is 0.381. The van der Waals surface area contributed by atoms with Crippen LogP contribution >= 0.6 is 7.92 Å². The van der Waals surface area contributed by atoms with Crippen molar-refractivity contribution >= 4 is 7.92 Å². The summed E-state index contributed by atoms with van der Waals surface area (Å²) in [6.07, 6.45) is 11.5. The van der Waals surface area contributed by atoms with E-state index in [9.17, 15) is 0 Å². The zero-order valence-corrected chi connectivity index (χ0v) is 10.8. The Bertz CT molecular complexity index is 128. The summed E-state index contributed by atoms with van der Waals surface area (Å²) in [6.45, 7) is 5.96. The van der Waals surface area contributed by atoms with Crippen LogP contribution in [-0.2, 0) is 0 Å². The van der Waals surface area contributed by atoms with Crippen LogP contribution in [0.25, 0.3) is 0 Å². The van der Waals surface area contributed by atoms with E-state index >= 15 is 0 Å². The highest BCUT2D eigenvalue weighted by atomic mass is 31.1. The summed E-state index contributed by atoms with van der Waals surface area (Å²) in [5.74, 6) is 0. The maximum atomic E-state index is 3.74. The van der Waals surface area contributed by atoms with Gasteiger partial charge in [-0.15, -0.1) is 7.92 Å². The maximum absolute atomic E-state index is 3.74. The molecule has 1 aliphatic rings. The van der Waals surface area contributed by atoms with Gasteiger partial charge in [-0.1, -0.05) is 33.1 Å². The molecule has 2 heteroatoms. The van der Waals surface area contributed by atoms with Gasteiger partial charge in [-0.3, -0.25) is 0 Å². The van der Waals surface area contributed by atoms with Crippen LogP contribution in [0.3, 0.4) is 0 Å². The monoisotopic (exact) mass is 215 g/mol. The zero-order chi connectivity index (χ0) is 10.2. The van der Waals surface area contributed by atoms with Crippen LogP contribution in [0.2, 0.25) is 0 Å². The standard InChI is InChI=1S/C12H26NP/c1-3-14(4-2)11-10-13-12-8-6-5-7-9-12/h12-13H,3-11H2,1-2H3. The molecule has 0 aromatic carbocycles. The molecule has 1 nitrogen and oxygen atoms in total. The summed E-state index contributed by atoms with van der Waals surface area (Å²) in [7, 11) is 0.354. The molecule has 0 aromatic rings. The van der Waals surface area contributed by atoms with Gasteiger partial charge in [-0.05, 0) is 37.9 Å². The topological polar surface area (TPSA) is 12.0 Å². The van der Waals surface area contributed by atoms with Gasteiger partial charge in [0.1, 0.15) is 0 Å². The van der Waals surface area contributed by atoms with Gasteiger partial charge in [0.25, 0.3) is 0 Å². The van der Waals surface area contributed by atoms with E-state index in [1.807, 2.05) is 0 Å². The van der Waals surface area contributed by atoms with Crippen LogP contribution in [0, 0.1) is 0 Å². The minimum atomic E-state index is 0.354. The predicted molar refractivity (Wildman–Crippen MR) is 67.7 cm³/mol. The van der Waals surface area contributed by atoms with Crippen molar-refractivity contribution in [3.63, 3.8) is 0 Å². The van der Waals surface area contributed by atoms with Crippen molar-refractivity contribution in [1.29, 1.82) is 0 Å². The Labute approximate surface area is 90.8 Å². The maximum Gasteiger partial charge on any atom is 0.00672 e. The highest BCUT2D eigenvalue weighted by Crippen LogP contribution is 2.33. The van der Waals surface area contributed by atoms with Crippen LogP contribution in [0.1, 0.15) is 46.0 Å². The van der Waals surface area contributed by atoms with E-state index in [0.717, 1.165) is 6.04 Å². The quantitative estimate of drug-likeness (QED) is 0.669. The molecule has 1 saturated carbocycles. The fourth-order valence-electron chi connectivity index (χ4n) is 2.27. The first-order valence-corrected chi connectivity index (χ1v) is 8.22. The second kappa shape index (κ2) is 7.65. The highest BCUT2D eigenvalue weighted by Gasteiger charge is 2.12. The van der Waals surface area contributed by atoms with Gasteiger partial charge in [-0.25, -0.2) is 0 Å². The molecule has 84 valence electrons. The van der Waals surface area contributed by atoms with E-state index in [4.69, 9.17) is 0 Å². The van der Waals surface area contributed by atoms with Crippen LogP contribution in [0.15, 0.2) is 0 Å². The van der Waals surface area contributed by atoms with Crippen LogP contribution in [0.5, 0.6) is 0 Å². The van der Waals surface area contributed by atoms with Gasteiger partial charge in [0.2, 0.25) is 0 Å². The molecule has 0 spiro atoms. The summed E-state index contributed by atoms with van der Waals surface area (Å²) in [5, 5.41) is 3.74. The van der Waals surface area contributed by atoms with E-state index in [1.54, 1.807) is 0 Å². The fourth-order valence-corrected chi connectivity index (χ4v) is 3.80. The molecule has 0 atom stereocenters. The molecule has 14 heavy (non-hydrogen) atoms. The largest absolute Gasteiger partial charge is 0.314 e. The van der Waals surface area contributed by atoms with Crippen molar-refractivity contribution in [3.8, 4) is 0 Å². The average Bonchev–Trinajstić information content (AvgIpc) is 2.26. The van der Waals surface area contributed by atoms with Crippen molar-refractivity contribution < 1.29 is 0 Å². The summed E-state index contributed by atoms with van der Waals surface area (Å²) in [6, 6.07) is 0.856. The van der Waals surface area contributed by atoms with Crippen molar-refractivity contribution in [2.24, 2.45) is 0 Å². The summed E-state index contributed by atoms with van der Waals surface area (Å²) in [5.41, 5.74) is 0. The molecule has 0 unspecified atom stereocenters. The summed E-state index contributed by atoms with van der Waals surface area (Å²) >= 11 is 0. The third-order valence-electron chi connectivity index (χ3n) is 3.36. The Hall–Kier alpha value is 0.390. The lowest BCUT2D eigenvalue weighted by atomic mass is 9.96. The minimum Gasteiger partial charge on any atom is -0.314 e. The Morgan fingerprint density at radius 2 is 1.71 bits per heavy atom. The van der Waals surface area contributed by atoms with Gasteiger partial charge in [0.05, 0.1) is 0 Å². The molecule has 0 aromatic heterocycles. The van der Waals surface area contributed by atoms with E-state index in [1.165, 1.54) is 57.1 Å². The lowest BCUT2D eigenvalue weighted by Crippen LogP contribution is -2.32. The number of rotatable bonds is 6. The molecule has 0 radical (unpaired) electrons. The van der Waals surface area contributed by atoms with E-state index in [-0.39, 0.29) is 0 Å². The van der Waals surface area contributed by atoms with Gasteiger partial charge in [0, 0.05) is 6.04 Å². The van der Waals surface area contributed by atoms with Gasteiger partial charge < -0.3 is 5.32 Å². The molecule has 0 heterocycles. The summed E-state index contributed by atoms with van der Waals surface area (Å²) in [4.78, 5) is 0. The zero-order valence-electron chi connectivity index (χ0n) is 9.89. The van der Waals surface area contributed by atoms with Crippen molar-refractivity contribution in [1.82, 2.24) is 5.32 Å². The van der Waals surface area contributed by atoms with E-state index < -0.39 is 0 Å². The smallest absolute Gasteiger partial charge is 0.00672 e. The summed E-state index contributed by atoms with van der Waals surface area (Å²) < 4.78 is 0. The third-order valence-corrected chi connectivity index (χ3v) is 6.01. The van der Waals surface area contributed by atoms with Gasteiger partial charge in [-0.2, -0.15) is 0 Å². The second-order valence-electron chi connectivity index (χ2n) is 4.32. The molecule has 1 aliphatic carbocycles. The van der Waals surface area contributed by atoms with Crippen molar-refractivity contribution in [2.45, 2.75) is 52.0 Å². The molecule has 1 rings (SSSR count). The number of hydrogen-bond acceptors (Lipinski definition) is 1. The van der Waals surface area contributed by atoms with E-state index in [0.29, 0.717) is 7.92 Å². The Kier molecular flexibility index (Phi) is 6.81. The first kappa shape index (κ1) is 12.5. The number of hydrogen-bond donors (Lipinski definition) is 1. The second-order valence-corrected chi connectivity index (χ2v) is 7.37. The Morgan fingerprint density at radius 3 is 2.29 bits per heavy atom. The predicted octanol–water partition coefficient (Wildman–Crippen LogP) is 3.43. The average molecular weight is 215 g/mol. The Balaban J connectivity index is 2.01. The van der Waals surface area contributed by atoms with Crippen LogP contribution < -0.4 is 5.32 Å². The molecular weight excluding hydrogens is 189 g/mol. The van der Waals surface area contributed by atoms with Gasteiger partial charge in [0.15, 0.2) is 0 Å². The van der Waals surface area contributed by atoms with Crippen molar-refractivity contribution in [2.75, 3.05) is 25.0 Å². The molecule has 0 bridgehead atoms. The normalized spacial score (nSPS) is 19.1. The Morgan fingerprint density at radius 1 is 1.07 bits per heavy atom.